The summed E-state index contributed by atoms with van der Waals surface area (Å²) in [5, 5.41) is 6.23. The van der Waals surface area contributed by atoms with Crippen molar-refractivity contribution in [2.45, 2.75) is 24.7 Å². The molecule has 22 heavy (non-hydrogen) atoms. The molecule has 0 aliphatic heterocycles. The molecule has 0 aliphatic rings. The zero-order valence-corrected chi connectivity index (χ0v) is 14.1. The van der Waals surface area contributed by atoms with Crippen LogP contribution in [0.5, 0.6) is 0 Å². The van der Waals surface area contributed by atoms with Crippen LogP contribution in [0, 0.1) is 0 Å². The molecule has 1 rings (SSSR count). The van der Waals surface area contributed by atoms with Gasteiger partial charge in [-0.3, -0.25) is 4.79 Å². The molecule has 6 nitrogen and oxygen atoms in total. The predicted molar refractivity (Wildman–Crippen MR) is 87.4 cm³/mol. The molecular weight excluding hydrogens is 326 g/mol. The highest BCUT2D eigenvalue weighted by molar-refractivity contribution is 7.89. The van der Waals surface area contributed by atoms with Crippen molar-refractivity contribution in [3.05, 3.63) is 29.3 Å². The number of benzene rings is 1. The first kappa shape index (κ1) is 18.9. The summed E-state index contributed by atoms with van der Waals surface area (Å²) in [5.74, 6) is -0.188. The van der Waals surface area contributed by atoms with Crippen molar-refractivity contribution < 1.29 is 13.2 Å². The molecule has 1 aromatic rings. The third-order valence-electron chi connectivity index (χ3n) is 2.80. The highest BCUT2D eigenvalue weighted by Crippen LogP contribution is 2.14. The van der Waals surface area contributed by atoms with Crippen LogP contribution in [0.15, 0.2) is 29.2 Å². The Kier molecular flexibility index (Phi) is 8.40. The number of nitrogens with one attached hydrogen (secondary N) is 3. The zero-order valence-electron chi connectivity index (χ0n) is 12.6. The average Bonchev–Trinajstić information content (AvgIpc) is 2.47. The summed E-state index contributed by atoms with van der Waals surface area (Å²) in [4.78, 5) is 11.6. The predicted octanol–water partition coefficient (Wildman–Crippen LogP) is 1.12. The normalized spacial score (nSPS) is 11.4. The highest BCUT2D eigenvalue weighted by Gasteiger charge is 2.14. The topological polar surface area (TPSA) is 87.3 Å². The van der Waals surface area contributed by atoms with Gasteiger partial charge >= 0.3 is 0 Å². The van der Waals surface area contributed by atoms with Crippen molar-refractivity contribution in [1.82, 2.24) is 15.4 Å². The standard InChI is InChI=1S/C14H22ClN3O3S/c1-2-7-16-9-10-17-14(19)6-8-18-22(20,21)13-5-3-4-12(15)11-13/h3-5,11,16,18H,2,6-10H2,1H3,(H,17,19). The monoisotopic (exact) mass is 347 g/mol. The van der Waals surface area contributed by atoms with E-state index in [1.165, 1.54) is 12.1 Å². The highest BCUT2D eigenvalue weighted by atomic mass is 35.5. The molecule has 0 fully saturated rings. The molecule has 0 spiro atoms. The van der Waals surface area contributed by atoms with Gasteiger partial charge in [0, 0.05) is 31.1 Å². The molecule has 0 unspecified atom stereocenters. The first-order valence-corrected chi connectivity index (χ1v) is 9.04. The Morgan fingerprint density at radius 1 is 1.18 bits per heavy atom. The van der Waals surface area contributed by atoms with Gasteiger partial charge in [-0.2, -0.15) is 0 Å². The lowest BCUT2D eigenvalue weighted by Gasteiger charge is -2.08. The third kappa shape index (κ3) is 7.22. The maximum Gasteiger partial charge on any atom is 0.240 e. The van der Waals surface area contributed by atoms with Gasteiger partial charge in [-0.1, -0.05) is 24.6 Å². The van der Waals surface area contributed by atoms with E-state index in [9.17, 15) is 13.2 Å². The Bertz CT molecular complexity index is 578. The van der Waals surface area contributed by atoms with Crippen molar-refractivity contribution in [2.75, 3.05) is 26.2 Å². The Morgan fingerprint density at radius 2 is 1.95 bits per heavy atom. The minimum Gasteiger partial charge on any atom is -0.355 e. The van der Waals surface area contributed by atoms with Gasteiger partial charge < -0.3 is 10.6 Å². The third-order valence-corrected chi connectivity index (χ3v) is 4.50. The Balaban J connectivity index is 2.29. The van der Waals surface area contributed by atoms with Gasteiger partial charge in [-0.05, 0) is 31.2 Å². The fourth-order valence-electron chi connectivity index (χ4n) is 1.70. The second-order valence-corrected chi connectivity index (χ2v) is 6.91. The summed E-state index contributed by atoms with van der Waals surface area (Å²) >= 11 is 5.77. The number of rotatable bonds is 10. The van der Waals surface area contributed by atoms with E-state index < -0.39 is 10.0 Å². The number of hydrogen-bond acceptors (Lipinski definition) is 4. The molecule has 124 valence electrons. The molecule has 3 N–H and O–H groups in total. The van der Waals surface area contributed by atoms with Crippen LogP contribution < -0.4 is 15.4 Å². The fraction of sp³-hybridized carbons (Fsp3) is 0.500. The molecule has 0 aliphatic carbocycles. The summed E-state index contributed by atoms with van der Waals surface area (Å²) in [6.45, 7) is 4.25. The smallest absolute Gasteiger partial charge is 0.240 e. The van der Waals surface area contributed by atoms with Crippen LogP contribution in [0.3, 0.4) is 0 Å². The van der Waals surface area contributed by atoms with Crippen LogP contribution in [-0.4, -0.2) is 40.5 Å². The molecule has 0 aromatic heterocycles. The van der Waals surface area contributed by atoms with E-state index in [4.69, 9.17) is 11.6 Å². The number of hydrogen-bond donors (Lipinski definition) is 3. The maximum atomic E-state index is 12.0. The van der Waals surface area contributed by atoms with Gasteiger partial charge in [-0.25, -0.2) is 13.1 Å². The van der Waals surface area contributed by atoms with E-state index in [0.717, 1.165) is 13.0 Å². The molecule has 1 amide bonds. The van der Waals surface area contributed by atoms with Crippen LogP contribution in [0.25, 0.3) is 0 Å². The van der Waals surface area contributed by atoms with Gasteiger partial charge in [-0.15, -0.1) is 0 Å². The second-order valence-electron chi connectivity index (χ2n) is 4.71. The largest absolute Gasteiger partial charge is 0.355 e. The molecule has 0 atom stereocenters. The number of halogens is 1. The molecule has 8 heteroatoms. The van der Waals surface area contributed by atoms with Crippen LogP contribution >= 0.6 is 11.6 Å². The molecule has 1 aromatic carbocycles. The fourth-order valence-corrected chi connectivity index (χ4v) is 3.03. The summed E-state index contributed by atoms with van der Waals surface area (Å²) in [6, 6.07) is 5.98. The second kappa shape index (κ2) is 9.78. The van der Waals surface area contributed by atoms with Crippen molar-refractivity contribution in [3.8, 4) is 0 Å². The lowest BCUT2D eigenvalue weighted by Crippen LogP contribution is -2.34. The van der Waals surface area contributed by atoms with Crippen molar-refractivity contribution >= 4 is 27.5 Å². The van der Waals surface area contributed by atoms with E-state index in [1.807, 2.05) is 0 Å². The van der Waals surface area contributed by atoms with Gasteiger partial charge in [0.1, 0.15) is 0 Å². The lowest BCUT2D eigenvalue weighted by molar-refractivity contribution is -0.120. The summed E-state index contributed by atoms with van der Waals surface area (Å²) in [5.41, 5.74) is 0. The SMILES string of the molecule is CCCNCCNC(=O)CCNS(=O)(=O)c1cccc(Cl)c1. The zero-order chi connectivity index (χ0) is 16.4. The molecule has 0 heterocycles. The Hall–Kier alpha value is -1.15. The Labute approximate surface area is 136 Å². The van der Waals surface area contributed by atoms with E-state index in [0.29, 0.717) is 18.1 Å². The number of sulfonamides is 1. The minimum atomic E-state index is -3.64. The van der Waals surface area contributed by atoms with Crippen LogP contribution in [0.2, 0.25) is 5.02 Å². The summed E-state index contributed by atoms with van der Waals surface area (Å²) in [7, 11) is -3.64. The van der Waals surface area contributed by atoms with Gasteiger partial charge in [0.2, 0.25) is 15.9 Å². The van der Waals surface area contributed by atoms with Gasteiger partial charge in [0.05, 0.1) is 4.90 Å². The molecule has 0 saturated carbocycles. The van der Waals surface area contributed by atoms with E-state index in [2.05, 4.69) is 22.3 Å². The van der Waals surface area contributed by atoms with Gasteiger partial charge in [0.25, 0.3) is 0 Å². The molecule has 0 bridgehead atoms. The van der Waals surface area contributed by atoms with E-state index >= 15 is 0 Å². The molecule has 0 saturated heterocycles. The van der Waals surface area contributed by atoms with E-state index in [1.54, 1.807) is 12.1 Å². The van der Waals surface area contributed by atoms with Crippen molar-refractivity contribution in [2.24, 2.45) is 0 Å². The maximum absolute atomic E-state index is 12.0. The van der Waals surface area contributed by atoms with Crippen LogP contribution in [-0.2, 0) is 14.8 Å². The summed E-state index contributed by atoms with van der Waals surface area (Å²) < 4.78 is 26.4. The number of carbonyl (C=O) groups excluding carboxylic acids is 1. The average molecular weight is 348 g/mol. The Morgan fingerprint density at radius 3 is 2.64 bits per heavy atom. The van der Waals surface area contributed by atoms with Crippen LogP contribution in [0.4, 0.5) is 0 Å². The first-order valence-electron chi connectivity index (χ1n) is 7.18. The number of carbonyl (C=O) groups is 1. The number of amides is 1. The van der Waals surface area contributed by atoms with Crippen molar-refractivity contribution in [1.29, 1.82) is 0 Å². The van der Waals surface area contributed by atoms with Crippen molar-refractivity contribution in [3.63, 3.8) is 0 Å². The van der Waals surface area contributed by atoms with Crippen LogP contribution in [0.1, 0.15) is 19.8 Å². The lowest BCUT2D eigenvalue weighted by atomic mass is 10.4. The molecule has 0 radical (unpaired) electrons. The van der Waals surface area contributed by atoms with Gasteiger partial charge in [0.15, 0.2) is 0 Å². The first-order chi connectivity index (χ1) is 10.5. The summed E-state index contributed by atoms with van der Waals surface area (Å²) in [6.07, 6.45) is 1.13. The minimum absolute atomic E-state index is 0.0447. The quantitative estimate of drug-likeness (QED) is 0.554. The van der Waals surface area contributed by atoms with E-state index in [-0.39, 0.29) is 23.8 Å². The molecular formula is C14H22ClN3O3S.